The number of nitrogen functional groups attached to an aromatic ring is 1. The van der Waals surface area contributed by atoms with Gasteiger partial charge in [-0.1, -0.05) is 11.6 Å². The van der Waals surface area contributed by atoms with Crippen LogP contribution in [0, 0.1) is 6.92 Å². The van der Waals surface area contributed by atoms with Crippen LogP contribution in [0.2, 0.25) is 0 Å². The number of aryl methyl sites for hydroxylation is 1. The Bertz CT molecular complexity index is 557. The Morgan fingerprint density at radius 3 is 2.63 bits per heavy atom. The van der Waals surface area contributed by atoms with Crippen LogP contribution < -0.4 is 21.3 Å². The van der Waals surface area contributed by atoms with Crippen LogP contribution in [0.3, 0.4) is 0 Å². The van der Waals surface area contributed by atoms with Crippen LogP contribution in [-0.2, 0) is 10.0 Å². The van der Waals surface area contributed by atoms with E-state index in [1.54, 1.807) is 12.1 Å². The summed E-state index contributed by atoms with van der Waals surface area (Å²) in [5.74, 6) is 4.78. The van der Waals surface area contributed by atoms with Gasteiger partial charge in [-0.05, 0) is 26.1 Å². The van der Waals surface area contributed by atoms with Crippen molar-refractivity contribution in [1.82, 2.24) is 10.0 Å². The maximum Gasteiger partial charge on any atom is 0.253 e. The quantitative estimate of drug-likeness (QED) is 0.418. The van der Waals surface area contributed by atoms with Crippen LogP contribution in [0.4, 0.5) is 5.69 Å². The van der Waals surface area contributed by atoms with E-state index in [0.29, 0.717) is 11.3 Å². The summed E-state index contributed by atoms with van der Waals surface area (Å²) >= 11 is 0. The van der Waals surface area contributed by atoms with E-state index >= 15 is 0 Å². The molecule has 1 aromatic carbocycles. The maximum atomic E-state index is 11.9. The Morgan fingerprint density at radius 1 is 1.37 bits per heavy atom. The molecular weight excluding hydrogens is 268 g/mol. The Morgan fingerprint density at radius 2 is 2.05 bits per heavy atom. The minimum Gasteiger partial charge on any atom is -0.351 e. The molecule has 0 aliphatic heterocycles. The number of hydrazine groups is 1. The molecule has 0 fully saturated rings. The molecule has 0 aliphatic carbocycles. The molecule has 0 bridgehead atoms. The first-order valence-electron chi connectivity index (χ1n) is 5.66. The van der Waals surface area contributed by atoms with Crippen LogP contribution >= 0.6 is 0 Å². The molecule has 0 aromatic heterocycles. The molecule has 7 nitrogen and oxygen atoms in total. The van der Waals surface area contributed by atoms with Crippen molar-refractivity contribution in [2.75, 3.05) is 24.8 Å². The summed E-state index contributed by atoms with van der Waals surface area (Å²) in [6.07, 6.45) is 0. The van der Waals surface area contributed by atoms with Gasteiger partial charge < -0.3 is 10.7 Å². The summed E-state index contributed by atoms with van der Waals surface area (Å²) in [5.41, 5.74) is 4.20. The SMILES string of the molecule is CNS(=O)(=O)CCNC(=O)c1cc(C)ccc1NN. The number of amides is 1. The zero-order valence-electron chi connectivity index (χ0n) is 10.9. The van der Waals surface area contributed by atoms with E-state index in [2.05, 4.69) is 15.5 Å². The van der Waals surface area contributed by atoms with E-state index in [-0.39, 0.29) is 18.2 Å². The van der Waals surface area contributed by atoms with Gasteiger partial charge in [0.1, 0.15) is 0 Å². The second kappa shape index (κ2) is 6.50. The number of anilines is 1. The van der Waals surface area contributed by atoms with Crippen molar-refractivity contribution in [2.45, 2.75) is 6.92 Å². The van der Waals surface area contributed by atoms with Gasteiger partial charge >= 0.3 is 0 Å². The molecule has 106 valence electrons. The predicted octanol–water partition coefficient (Wildman–Crippen LogP) is -0.440. The Hall–Kier alpha value is -1.64. The van der Waals surface area contributed by atoms with Crippen molar-refractivity contribution >= 4 is 21.6 Å². The molecule has 5 N–H and O–H groups in total. The Labute approximate surface area is 112 Å². The number of hydrogen-bond donors (Lipinski definition) is 4. The van der Waals surface area contributed by atoms with Gasteiger partial charge in [0, 0.05) is 6.54 Å². The second-order valence-corrected chi connectivity index (χ2v) is 6.02. The maximum absolute atomic E-state index is 11.9. The number of sulfonamides is 1. The summed E-state index contributed by atoms with van der Waals surface area (Å²) in [7, 11) is -2.00. The molecule has 0 saturated carbocycles. The van der Waals surface area contributed by atoms with Crippen LogP contribution in [0.5, 0.6) is 0 Å². The fourth-order valence-electron chi connectivity index (χ4n) is 1.47. The molecule has 0 atom stereocenters. The monoisotopic (exact) mass is 286 g/mol. The van der Waals surface area contributed by atoms with Crippen LogP contribution in [-0.4, -0.2) is 33.7 Å². The average molecular weight is 286 g/mol. The number of carbonyl (C=O) groups is 1. The topological polar surface area (TPSA) is 113 Å². The van der Waals surface area contributed by atoms with Crippen molar-refractivity contribution in [3.63, 3.8) is 0 Å². The minimum atomic E-state index is -3.33. The van der Waals surface area contributed by atoms with Crippen molar-refractivity contribution in [1.29, 1.82) is 0 Å². The first-order valence-corrected chi connectivity index (χ1v) is 7.31. The molecule has 0 saturated heterocycles. The lowest BCUT2D eigenvalue weighted by molar-refractivity contribution is 0.0957. The highest BCUT2D eigenvalue weighted by molar-refractivity contribution is 7.89. The zero-order valence-corrected chi connectivity index (χ0v) is 11.7. The predicted molar refractivity (Wildman–Crippen MR) is 74.2 cm³/mol. The van der Waals surface area contributed by atoms with Gasteiger partial charge in [0.2, 0.25) is 10.0 Å². The fourth-order valence-corrected chi connectivity index (χ4v) is 2.04. The molecule has 0 radical (unpaired) electrons. The van der Waals surface area contributed by atoms with Crippen LogP contribution in [0.1, 0.15) is 15.9 Å². The third kappa shape index (κ3) is 4.51. The zero-order chi connectivity index (χ0) is 14.5. The highest BCUT2D eigenvalue weighted by Crippen LogP contribution is 2.15. The van der Waals surface area contributed by atoms with Crippen molar-refractivity contribution in [2.24, 2.45) is 5.84 Å². The lowest BCUT2D eigenvalue weighted by atomic mass is 10.1. The largest absolute Gasteiger partial charge is 0.351 e. The van der Waals surface area contributed by atoms with Gasteiger partial charge in [0.05, 0.1) is 17.0 Å². The Balaban J connectivity index is 2.71. The summed E-state index contributed by atoms with van der Waals surface area (Å²) in [6.45, 7) is 1.88. The third-order valence-electron chi connectivity index (χ3n) is 2.54. The van der Waals surface area contributed by atoms with Gasteiger partial charge in [-0.3, -0.25) is 10.6 Å². The number of rotatable bonds is 6. The number of hydrogen-bond acceptors (Lipinski definition) is 5. The van der Waals surface area contributed by atoms with E-state index in [4.69, 9.17) is 5.84 Å². The van der Waals surface area contributed by atoms with E-state index in [0.717, 1.165) is 5.56 Å². The van der Waals surface area contributed by atoms with E-state index in [1.807, 2.05) is 13.0 Å². The molecule has 19 heavy (non-hydrogen) atoms. The molecule has 0 spiro atoms. The van der Waals surface area contributed by atoms with E-state index in [9.17, 15) is 13.2 Å². The molecule has 0 unspecified atom stereocenters. The summed E-state index contributed by atoms with van der Waals surface area (Å²) in [6, 6.07) is 5.18. The van der Waals surface area contributed by atoms with E-state index in [1.165, 1.54) is 7.05 Å². The number of nitrogens with two attached hydrogens (primary N) is 1. The van der Waals surface area contributed by atoms with Crippen molar-refractivity contribution in [3.05, 3.63) is 29.3 Å². The lowest BCUT2D eigenvalue weighted by Gasteiger charge is -2.10. The first kappa shape index (κ1) is 15.4. The average Bonchev–Trinajstić information content (AvgIpc) is 2.38. The second-order valence-electron chi connectivity index (χ2n) is 3.97. The third-order valence-corrected chi connectivity index (χ3v) is 3.91. The normalized spacial score (nSPS) is 11.1. The molecule has 8 heteroatoms. The standard InChI is InChI=1S/C11H18N4O3S/c1-8-3-4-10(15-12)9(7-8)11(16)14-5-6-19(17,18)13-2/h3-4,7,13,15H,5-6,12H2,1-2H3,(H,14,16). The number of carbonyl (C=O) groups excluding carboxylic acids is 1. The molecule has 0 heterocycles. The van der Waals surface area contributed by atoms with Gasteiger partial charge in [-0.2, -0.15) is 0 Å². The molecule has 1 amide bonds. The number of benzene rings is 1. The van der Waals surface area contributed by atoms with Gasteiger partial charge in [0.25, 0.3) is 5.91 Å². The van der Waals surface area contributed by atoms with E-state index < -0.39 is 10.0 Å². The fraction of sp³-hybridized carbons (Fsp3) is 0.364. The van der Waals surface area contributed by atoms with Crippen LogP contribution in [0.15, 0.2) is 18.2 Å². The van der Waals surface area contributed by atoms with Gasteiger partial charge in [-0.15, -0.1) is 0 Å². The minimum absolute atomic E-state index is 0.0277. The Kier molecular flexibility index (Phi) is 5.28. The molecule has 0 aliphatic rings. The number of nitrogens with one attached hydrogen (secondary N) is 3. The summed E-state index contributed by atoms with van der Waals surface area (Å²) in [4.78, 5) is 11.9. The first-order chi connectivity index (χ1) is 8.89. The summed E-state index contributed by atoms with van der Waals surface area (Å²) < 4.78 is 24.6. The molecular formula is C11H18N4O3S. The van der Waals surface area contributed by atoms with Gasteiger partial charge in [0.15, 0.2) is 0 Å². The van der Waals surface area contributed by atoms with Gasteiger partial charge in [-0.25, -0.2) is 13.1 Å². The lowest BCUT2D eigenvalue weighted by Crippen LogP contribution is -2.33. The molecule has 1 rings (SSSR count). The summed E-state index contributed by atoms with van der Waals surface area (Å²) in [5, 5.41) is 2.54. The molecule has 1 aromatic rings. The van der Waals surface area contributed by atoms with Crippen molar-refractivity contribution < 1.29 is 13.2 Å². The highest BCUT2D eigenvalue weighted by atomic mass is 32.2. The van der Waals surface area contributed by atoms with Crippen LogP contribution in [0.25, 0.3) is 0 Å². The smallest absolute Gasteiger partial charge is 0.253 e. The van der Waals surface area contributed by atoms with Crippen molar-refractivity contribution in [3.8, 4) is 0 Å². The highest BCUT2D eigenvalue weighted by Gasteiger charge is 2.12.